The summed E-state index contributed by atoms with van der Waals surface area (Å²) < 4.78 is 35.9. The Labute approximate surface area is 194 Å². The summed E-state index contributed by atoms with van der Waals surface area (Å²) >= 11 is 0. The van der Waals surface area contributed by atoms with Crippen molar-refractivity contribution >= 4 is 20.9 Å². The predicted molar refractivity (Wildman–Crippen MR) is 126 cm³/mol. The van der Waals surface area contributed by atoms with E-state index in [1.165, 1.54) is 12.5 Å². The average Bonchev–Trinajstić information content (AvgIpc) is 3.02. The van der Waals surface area contributed by atoms with Crippen LogP contribution < -0.4 is 9.46 Å². The number of sulfonamides is 1. The van der Waals surface area contributed by atoms with E-state index < -0.39 is 10.0 Å². The normalized spacial score (nSPS) is 17.0. The van der Waals surface area contributed by atoms with Crippen LogP contribution in [0.2, 0.25) is 0 Å². The average molecular weight is 465 g/mol. The van der Waals surface area contributed by atoms with Crippen LogP contribution in [-0.2, 0) is 10.0 Å². The first-order valence-corrected chi connectivity index (χ1v) is 13.1. The molecule has 3 aromatic rings. The molecule has 2 fully saturated rings. The van der Waals surface area contributed by atoms with E-state index in [2.05, 4.69) is 26.4 Å². The minimum atomic E-state index is -3.68. The first-order chi connectivity index (χ1) is 15.9. The molecule has 0 bridgehead atoms. The molecule has 33 heavy (non-hydrogen) atoms. The number of nitrogens with zero attached hydrogens (tertiary/aromatic N) is 3. The third kappa shape index (κ3) is 4.00. The topological polar surface area (TPSA) is 97.0 Å². The van der Waals surface area contributed by atoms with Crippen molar-refractivity contribution in [3.05, 3.63) is 42.1 Å². The van der Waals surface area contributed by atoms with Gasteiger partial charge >= 0.3 is 0 Å². The van der Waals surface area contributed by atoms with Gasteiger partial charge in [-0.25, -0.2) is 18.1 Å². The molecule has 7 nitrogen and oxygen atoms in total. The molecule has 8 heteroatoms. The van der Waals surface area contributed by atoms with Gasteiger partial charge in [0.15, 0.2) is 5.03 Å². The molecule has 2 heterocycles. The van der Waals surface area contributed by atoms with E-state index in [0.717, 1.165) is 60.0 Å². The van der Waals surface area contributed by atoms with Crippen LogP contribution >= 0.6 is 0 Å². The van der Waals surface area contributed by atoms with Gasteiger partial charge in [-0.2, -0.15) is 5.26 Å². The van der Waals surface area contributed by atoms with Crippen LogP contribution in [0.1, 0.15) is 64.0 Å². The van der Waals surface area contributed by atoms with Gasteiger partial charge in [-0.05, 0) is 76.6 Å². The van der Waals surface area contributed by atoms with Crippen LogP contribution in [0.25, 0.3) is 22.2 Å². The summed E-state index contributed by atoms with van der Waals surface area (Å²) in [5.74, 6) is 0.834. The fraction of sp³-hybridized carbons (Fsp3) is 0.440. The van der Waals surface area contributed by atoms with Gasteiger partial charge in [0.25, 0.3) is 10.0 Å². The molecule has 172 valence electrons. The maximum absolute atomic E-state index is 12.5. The Morgan fingerprint density at radius 3 is 2.45 bits per heavy atom. The molecule has 2 aliphatic rings. The van der Waals surface area contributed by atoms with Crippen molar-refractivity contribution in [3.63, 3.8) is 0 Å². The van der Waals surface area contributed by atoms with Gasteiger partial charge in [0, 0.05) is 35.3 Å². The number of hydrogen-bond donors (Lipinski definition) is 1. The Kier molecular flexibility index (Phi) is 5.63. The highest BCUT2D eigenvalue weighted by Gasteiger charge is 2.29. The smallest absolute Gasteiger partial charge is 0.258 e. The molecule has 0 unspecified atom stereocenters. The van der Waals surface area contributed by atoms with Crippen molar-refractivity contribution in [1.29, 1.82) is 5.26 Å². The number of aromatic nitrogens is 2. The molecule has 1 N–H and O–H groups in total. The van der Waals surface area contributed by atoms with Crippen LogP contribution in [-0.4, -0.2) is 30.1 Å². The molecule has 0 amide bonds. The second kappa shape index (κ2) is 8.47. The van der Waals surface area contributed by atoms with Crippen molar-refractivity contribution in [3.8, 4) is 23.1 Å². The van der Waals surface area contributed by atoms with Gasteiger partial charge in [-0.15, -0.1) is 0 Å². The van der Waals surface area contributed by atoms with Crippen LogP contribution in [0.4, 0.5) is 0 Å². The fourth-order valence-electron chi connectivity index (χ4n) is 4.52. The van der Waals surface area contributed by atoms with Gasteiger partial charge in [0.1, 0.15) is 11.8 Å². The molecule has 2 aromatic heterocycles. The van der Waals surface area contributed by atoms with Crippen LogP contribution in [0.15, 0.2) is 41.6 Å². The molecule has 0 spiro atoms. The molecular formula is C25H28N4O3S. The predicted octanol–water partition coefficient (Wildman–Crippen LogP) is 4.92. The van der Waals surface area contributed by atoms with Crippen molar-refractivity contribution in [1.82, 2.24) is 14.3 Å². The van der Waals surface area contributed by atoms with Gasteiger partial charge in [-0.3, -0.25) is 0 Å². The highest BCUT2D eigenvalue weighted by Crippen LogP contribution is 2.43. The number of hydrogen-bond acceptors (Lipinski definition) is 5. The summed E-state index contributed by atoms with van der Waals surface area (Å²) in [7, 11) is -3.68. The van der Waals surface area contributed by atoms with Gasteiger partial charge < -0.3 is 9.30 Å². The molecule has 2 aliphatic carbocycles. The zero-order chi connectivity index (χ0) is 23.2. The lowest BCUT2D eigenvalue weighted by Gasteiger charge is -2.30. The molecular weight excluding hydrogens is 436 g/mol. The highest BCUT2D eigenvalue weighted by atomic mass is 32.2. The molecule has 0 atom stereocenters. The van der Waals surface area contributed by atoms with E-state index in [-0.39, 0.29) is 17.2 Å². The quantitative estimate of drug-likeness (QED) is 0.535. The molecule has 2 saturated carbocycles. The van der Waals surface area contributed by atoms with E-state index >= 15 is 0 Å². The Morgan fingerprint density at radius 2 is 1.91 bits per heavy atom. The van der Waals surface area contributed by atoms with E-state index in [1.807, 2.05) is 12.1 Å². The first-order valence-electron chi connectivity index (χ1n) is 11.6. The molecule has 0 saturated heterocycles. The SMILES string of the molecule is CC(C)NS(=O)(=O)c1ccc(-c2c(C#N)c3ccc(OC4CCC4)cc3n2C2CCC2)cn1. The second-order valence-electron chi connectivity index (χ2n) is 9.30. The number of fused-ring (bicyclic) bond motifs is 1. The molecule has 0 aliphatic heterocycles. The second-order valence-corrected chi connectivity index (χ2v) is 11.0. The third-order valence-electron chi connectivity index (χ3n) is 6.56. The number of benzene rings is 1. The molecule has 0 radical (unpaired) electrons. The monoisotopic (exact) mass is 464 g/mol. The minimum Gasteiger partial charge on any atom is -0.490 e. The van der Waals surface area contributed by atoms with Crippen LogP contribution in [0.3, 0.4) is 0 Å². The Morgan fingerprint density at radius 1 is 1.15 bits per heavy atom. The van der Waals surface area contributed by atoms with Gasteiger partial charge in [0.05, 0.1) is 22.9 Å². The first kappa shape index (κ1) is 21.9. The number of nitrogens with one attached hydrogen (secondary N) is 1. The van der Waals surface area contributed by atoms with E-state index in [9.17, 15) is 13.7 Å². The summed E-state index contributed by atoms with van der Waals surface area (Å²) in [6.45, 7) is 3.54. The van der Waals surface area contributed by atoms with Crippen LogP contribution in [0, 0.1) is 11.3 Å². The minimum absolute atomic E-state index is 0.0269. The lowest BCUT2D eigenvalue weighted by molar-refractivity contribution is 0.120. The Hall–Kier alpha value is -2.89. The van der Waals surface area contributed by atoms with Gasteiger partial charge in [-0.1, -0.05) is 0 Å². The summed E-state index contributed by atoms with van der Waals surface area (Å²) in [6, 6.07) is 11.7. The largest absolute Gasteiger partial charge is 0.490 e. The number of pyridine rings is 1. The maximum atomic E-state index is 12.5. The summed E-state index contributed by atoms with van der Waals surface area (Å²) in [5, 5.41) is 10.9. The summed E-state index contributed by atoms with van der Waals surface area (Å²) in [4.78, 5) is 4.25. The van der Waals surface area contributed by atoms with Crippen molar-refractivity contribution < 1.29 is 13.2 Å². The third-order valence-corrected chi connectivity index (χ3v) is 8.13. The number of rotatable bonds is 7. The van der Waals surface area contributed by atoms with Crippen LogP contribution in [0.5, 0.6) is 5.75 Å². The standard InChI is InChI=1S/C25H28N4O3S/c1-16(2)28-33(30,31)24-12-9-17(15-27-24)25-22(14-26)21-11-10-20(32-19-7-4-8-19)13-23(21)29(25)18-5-3-6-18/h9-13,15-16,18-19,28H,3-8H2,1-2H3. The Bertz CT molecular complexity index is 1330. The highest BCUT2D eigenvalue weighted by molar-refractivity contribution is 7.89. The van der Waals surface area contributed by atoms with E-state index in [4.69, 9.17) is 4.74 Å². The lowest BCUT2D eigenvalue weighted by atomic mass is 9.92. The number of nitriles is 1. The zero-order valence-corrected chi connectivity index (χ0v) is 19.7. The molecule has 1 aromatic carbocycles. The summed E-state index contributed by atoms with van der Waals surface area (Å²) in [5.41, 5.74) is 3.11. The fourth-order valence-corrected chi connectivity index (χ4v) is 5.70. The molecule has 5 rings (SSSR count). The van der Waals surface area contributed by atoms with Crippen molar-refractivity contribution in [2.24, 2.45) is 0 Å². The van der Waals surface area contributed by atoms with Crippen molar-refractivity contribution in [2.75, 3.05) is 0 Å². The number of ether oxygens (including phenoxy) is 1. The summed E-state index contributed by atoms with van der Waals surface area (Å²) in [6.07, 6.45) is 8.47. The maximum Gasteiger partial charge on any atom is 0.258 e. The zero-order valence-electron chi connectivity index (χ0n) is 18.9. The van der Waals surface area contributed by atoms with Crippen molar-refractivity contribution in [2.45, 2.75) is 75.6 Å². The Balaban J connectivity index is 1.61. The lowest BCUT2D eigenvalue weighted by Crippen LogP contribution is -2.30. The van der Waals surface area contributed by atoms with E-state index in [1.54, 1.807) is 26.1 Å². The van der Waals surface area contributed by atoms with E-state index in [0.29, 0.717) is 11.6 Å². The van der Waals surface area contributed by atoms with Gasteiger partial charge in [0.2, 0.25) is 0 Å².